The van der Waals surface area contributed by atoms with Gasteiger partial charge in [0.05, 0.1) is 38.6 Å². The second-order valence-corrected chi connectivity index (χ2v) is 25.7. The fourth-order valence-electron chi connectivity index (χ4n) is 12.2. The fourth-order valence-corrected chi connectivity index (χ4v) is 12.2. The summed E-state index contributed by atoms with van der Waals surface area (Å²) in [7, 11) is 0. The number of carbonyl (C=O) groups is 1. The van der Waals surface area contributed by atoms with E-state index in [1.807, 2.05) is 19.1 Å². The zero-order valence-corrected chi connectivity index (χ0v) is 55.2. The van der Waals surface area contributed by atoms with Crippen molar-refractivity contribution in [3.05, 3.63) is 36.5 Å². The second-order valence-electron chi connectivity index (χ2n) is 25.7. The molecule has 0 spiro atoms. The molecule has 0 aromatic heterocycles. The number of nitrogens with one attached hydrogen (secondary N) is 1. The fraction of sp³-hybridized carbons (Fsp3) is 0.900. The van der Waals surface area contributed by atoms with E-state index in [2.05, 4.69) is 30.5 Å². The second kappa shape index (κ2) is 52.3. The van der Waals surface area contributed by atoms with Crippen molar-refractivity contribution in [2.24, 2.45) is 0 Å². The van der Waals surface area contributed by atoms with Crippen molar-refractivity contribution in [3.63, 3.8) is 0 Å². The van der Waals surface area contributed by atoms with E-state index in [-0.39, 0.29) is 18.9 Å². The van der Waals surface area contributed by atoms with E-state index in [4.69, 9.17) is 28.4 Å². The summed E-state index contributed by atoms with van der Waals surface area (Å²) in [4.78, 5) is 13.3. The molecule has 12 N–H and O–H groups in total. The van der Waals surface area contributed by atoms with Crippen LogP contribution in [0.3, 0.4) is 0 Å². The number of aliphatic hydroxyl groups is 11. The van der Waals surface area contributed by atoms with Gasteiger partial charge in [-0.05, 0) is 39.0 Å². The minimum absolute atomic E-state index is 0.235. The lowest BCUT2D eigenvalue weighted by Gasteiger charge is -2.48. The summed E-state index contributed by atoms with van der Waals surface area (Å²) in [6.45, 7) is 1.48. The molecule has 0 aliphatic carbocycles. The van der Waals surface area contributed by atoms with Crippen molar-refractivity contribution < 1.29 is 89.4 Å². The predicted octanol–water partition coefficient (Wildman–Crippen LogP) is 9.61. The number of hydrogen-bond acceptors (Lipinski definition) is 18. The van der Waals surface area contributed by atoms with Gasteiger partial charge in [-0.2, -0.15) is 0 Å². The number of amides is 1. The van der Waals surface area contributed by atoms with Crippen LogP contribution in [0.5, 0.6) is 0 Å². The Hall–Kier alpha value is -1.99. The quantitative estimate of drug-likeness (QED) is 0.0199. The number of unbranched alkanes of at least 4 members (excludes halogenated alkanes) is 36. The third-order valence-electron chi connectivity index (χ3n) is 18.0. The molecule has 3 aliphatic heterocycles. The molecule has 1 amide bonds. The van der Waals surface area contributed by atoms with Crippen molar-refractivity contribution in [2.75, 3.05) is 26.4 Å². The summed E-state index contributed by atoms with van der Waals surface area (Å²) in [6.07, 6.45) is 35.1. The molecule has 3 heterocycles. The van der Waals surface area contributed by atoms with Crippen molar-refractivity contribution in [1.29, 1.82) is 0 Å². The zero-order valence-electron chi connectivity index (χ0n) is 55.2. The maximum atomic E-state index is 13.3. The SMILES string of the molecule is C/C=C/CC/C=C/CC/C=C/C(O)C(COC1OC(CO)C(OC2OC(CO)C(OC3OC(CO)C(O)C(O)C3O)C(O)C2O)C(O)C1O)NC(=O)CCCCCCCCCCCCCCCCCCCCCCCCCCCCCCCCCCCCC. The van der Waals surface area contributed by atoms with E-state index in [1.165, 1.54) is 199 Å². The lowest BCUT2D eigenvalue weighted by molar-refractivity contribution is -0.379. The Morgan fingerprint density at radius 2 is 0.742 bits per heavy atom. The number of carbonyl (C=O) groups excluding carboxylic acids is 1. The van der Waals surface area contributed by atoms with Gasteiger partial charge in [0, 0.05) is 6.42 Å². The Labute approximate surface area is 536 Å². The van der Waals surface area contributed by atoms with Gasteiger partial charge in [0.1, 0.15) is 73.2 Å². The highest BCUT2D eigenvalue weighted by Crippen LogP contribution is 2.33. The topological polar surface area (TPSA) is 307 Å². The lowest BCUT2D eigenvalue weighted by Crippen LogP contribution is -2.66. The minimum Gasteiger partial charge on any atom is -0.394 e. The molecule has 0 saturated carbocycles. The Morgan fingerprint density at radius 1 is 0.416 bits per heavy atom. The molecule has 19 nitrogen and oxygen atoms in total. The van der Waals surface area contributed by atoms with E-state index >= 15 is 0 Å². The van der Waals surface area contributed by atoms with E-state index < -0.39 is 124 Å². The number of ether oxygens (including phenoxy) is 6. The number of aliphatic hydroxyl groups excluding tert-OH is 11. The summed E-state index contributed by atoms with van der Waals surface area (Å²) in [6, 6.07) is -0.992. The molecule has 0 aromatic carbocycles. The zero-order chi connectivity index (χ0) is 64.7. The molecule has 3 rings (SSSR count). The Bertz CT molecular complexity index is 1760. The molecule has 89 heavy (non-hydrogen) atoms. The Balaban J connectivity index is 1.29. The molecule has 0 bridgehead atoms. The molecular formula is C70H129NO18. The van der Waals surface area contributed by atoms with Crippen LogP contribution in [0, 0.1) is 0 Å². The smallest absolute Gasteiger partial charge is 0.220 e. The largest absolute Gasteiger partial charge is 0.394 e. The van der Waals surface area contributed by atoms with Gasteiger partial charge < -0.3 is 89.9 Å². The maximum Gasteiger partial charge on any atom is 0.220 e. The van der Waals surface area contributed by atoms with E-state index in [0.717, 1.165) is 38.5 Å². The first-order valence-corrected chi connectivity index (χ1v) is 35.7. The first-order chi connectivity index (χ1) is 43.3. The van der Waals surface area contributed by atoms with Gasteiger partial charge >= 0.3 is 0 Å². The normalized spacial score (nSPS) is 28.4. The van der Waals surface area contributed by atoms with Crippen LogP contribution in [0.15, 0.2) is 36.5 Å². The van der Waals surface area contributed by atoms with Gasteiger partial charge in [-0.1, -0.05) is 262 Å². The molecule has 3 fully saturated rings. The van der Waals surface area contributed by atoms with Crippen molar-refractivity contribution in [2.45, 2.75) is 375 Å². The average molecular weight is 1270 g/mol. The first-order valence-electron chi connectivity index (χ1n) is 35.7. The molecule has 3 aliphatic rings. The predicted molar refractivity (Wildman–Crippen MR) is 346 cm³/mol. The average Bonchev–Trinajstić information content (AvgIpc) is 1.06. The van der Waals surface area contributed by atoms with Crippen LogP contribution in [0.4, 0.5) is 0 Å². The molecule has 19 heteroatoms. The van der Waals surface area contributed by atoms with Gasteiger partial charge in [0.2, 0.25) is 5.91 Å². The highest BCUT2D eigenvalue weighted by Gasteiger charge is 2.53. The van der Waals surface area contributed by atoms with Gasteiger partial charge in [0.25, 0.3) is 0 Å². The molecule has 0 radical (unpaired) electrons. The van der Waals surface area contributed by atoms with E-state index in [9.17, 15) is 61.0 Å². The summed E-state index contributed by atoms with van der Waals surface area (Å²) in [5.74, 6) is -0.289. The summed E-state index contributed by atoms with van der Waals surface area (Å²) >= 11 is 0. The molecule has 522 valence electrons. The van der Waals surface area contributed by atoms with Crippen LogP contribution < -0.4 is 5.32 Å². The summed E-state index contributed by atoms with van der Waals surface area (Å²) < 4.78 is 34.2. The highest BCUT2D eigenvalue weighted by atomic mass is 16.8. The van der Waals surface area contributed by atoms with Crippen molar-refractivity contribution in [3.8, 4) is 0 Å². The third kappa shape index (κ3) is 34.3. The monoisotopic (exact) mass is 1270 g/mol. The lowest BCUT2D eigenvalue weighted by atomic mass is 9.96. The van der Waals surface area contributed by atoms with Crippen LogP contribution in [0.1, 0.15) is 271 Å². The minimum atomic E-state index is -1.98. The number of allylic oxidation sites excluding steroid dienone is 5. The molecule has 0 aromatic rings. The summed E-state index contributed by atoms with van der Waals surface area (Å²) in [5, 5.41) is 120. The molecule has 17 atom stereocenters. The van der Waals surface area contributed by atoms with Gasteiger partial charge in [0.15, 0.2) is 18.9 Å². The molecule has 17 unspecified atom stereocenters. The van der Waals surface area contributed by atoms with Crippen LogP contribution in [-0.4, -0.2) is 193 Å². The molecular weight excluding hydrogens is 1140 g/mol. The molecule has 3 saturated heterocycles. The van der Waals surface area contributed by atoms with Crippen LogP contribution >= 0.6 is 0 Å². The third-order valence-corrected chi connectivity index (χ3v) is 18.0. The van der Waals surface area contributed by atoms with Gasteiger partial charge in [-0.15, -0.1) is 0 Å². The maximum absolute atomic E-state index is 13.3. The van der Waals surface area contributed by atoms with Crippen LogP contribution in [0.25, 0.3) is 0 Å². The Morgan fingerprint density at radius 3 is 1.12 bits per heavy atom. The van der Waals surface area contributed by atoms with Crippen molar-refractivity contribution in [1.82, 2.24) is 5.32 Å². The first kappa shape index (κ1) is 81.2. The Kier molecular flexibility index (Phi) is 47.7. The van der Waals surface area contributed by atoms with Crippen LogP contribution in [0.2, 0.25) is 0 Å². The number of rotatable bonds is 55. The van der Waals surface area contributed by atoms with E-state index in [1.54, 1.807) is 6.08 Å². The van der Waals surface area contributed by atoms with Gasteiger partial charge in [-0.3, -0.25) is 4.79 Å². The van der Waals surface area contributed by atoms with Gasteiger partial charge in [-0.25, -0.2) is 0 Å². The standard InChI is InChI=1S/C70H129NO18/c1-3-5-7-9-11-13-14-15-16-17-18-19-20-21-22-23-24-25-26-27-28-29-30-31-32-33-34-35-36-37-38-40-42-44-46-48-58(76)71-53(54(75)47-45-43-41-39-12-10-8-6-4-2)52-84-68-64(82)61(79)66(56(50-73)86-68)89-70-65(83)62(80)67(57(51-74)87-70)88-69-63(81)60(78)59(77)55(49-72)85-69/h4,6,12,39,45,47,53-57,59-70,72-75,77-83H,3,5,7-11,13-38,40-44,46,48-52H2,1-2H3,(H,71,76)/b6-4+,39-12+,47-45+. The van der Waals surface area contributed by atoms with Crippen molar-refractivity contribution >= 4 is 5.91 Å². The number of hydrogen-bond donors (Lipinski definition) is 12. The van der Waals surface area contributed by atoms with Crippen LogP contribution in [-0.2, 0) is 33.2 Å². The van der Waals surface area contributed by atoms with E-state index in [0.29, 0.717) is 12.8 Å². The summed E-state index contributed by atoms with van der Waals surface area (Å²) in [5.41, 5.74) is 0. The highest BCUT2D eigenvalue weighted by molar-refractivity contribution is 5.76.